The minimum atomic E-state index is -0.179. The Morgan fingerprint density at radius 2 is 2.00 bits per heavy atom. The zero-order valence-corrected chi connectivity index (χ0v) is 18.7. The summed E-state index contributed by atoms with van der Waals surface area (Å²) in [6, 6.07) is 15.9. The molecular weight excluding hydrogens is 492 g/mol. The maximum absolute atomic E-state index is 14.3. The summed E-state index contributed by atoms with van der Waals surface area (Å²) < 4.78 is 14.7. The van der Waals surface area contributed by atoms with Gasteiger partial charge in [-0.15, -0.1) is 0 Å². The van der Waals surface area contributed by atoms with Crippen molar-refractivity contribution in [2.24, 2.45) is 0 Å². The lowest BCUT2D eigenvalue weighted by molar-refractivity contribution is 0.237. The molecule has 1 aromatic heterocycles. The zero-order chi connectivity index (χ0) is 20.5. The number of alkyl halides is 1. The molecule has 30 heavy (non-hydrogen) atoms. The molecule has 2 aromatic carbocycles. The fourth-order valence-electron chi connectivity index (χ4n) is 4.14. The van der Waals surface area contributed by atoms with E-state index in [4.69, 9.17) is 0 Å². The van der Waals surface area contributed by atoms with Crippen molar-refractivity contribution < 1.29 is 4.39 Å². The molecule has 0 spiro atoms. The molecule has 1 unspecified atom stereocenters. The maximum atomic E-state index is 14.3. The molecule has 0 saturated carbocycles. The third-order valence-electron chi connectivity index (χ3n) is 5.69. The highest BCUT2D eigenvalue weighted by atomic mass is 127. The van der Waals surface area contributed by atoms with Gasteiger partial charge in [0.15, 0.2) is 0 Å². The van der Waals surface area contributed by atoms with Crippen LogP contribution in [0.25, 0.3) is 11.3 Å². The van der Waals surface area contributed by atoms with E-state index in [0.29, 0.717) is 23.0 Å². The number of nitrogens with zero attached hydrogens (tertiary/aromatic N) is 4. The first-order valence-electron chi connectivity index (χ1n) is 10.2. The Morgan fingerprint density at radius 3 is 2.90 bits per heavy atom. The maximum Gasteiger partial charge on any atom is 0.223 e. The Hall–Kier alpha value is -2.26. The molecule has 1 N–H and O–H groups in total. The standard InChI is InChI=1S/C23H23FIN5/c24-19-11-16-4-6-26-23-27-7-5-21(28-23)18-3-1-2-17(10-18)14-30-9-8-29(15-22(30)25)20(12-16)13-19/h1-3,5,7,10-13,22H,4,6,8-9,14-15H2,(H,26,27,28)/t22-/m0/s1. The van der Waals surface area contributed by atoms with Crippen molar-refractivity contribution in [1.29, 1.82) is 0 Å². The van der Waals surface area contributed by atoms with Crippen LogP contribution in [0.15, 0.2) is 54.7 Å². The van der Waals surface area contributed by atoms with Crippen molar-refractivity contribution in [2.75, 3.05) is 36.4 Å². The Morgan fingerprint density at radius 1 is 1.07 bits per heavy atom. The van der Waals surface area contributed by atoms with Crippen molar-refractivity contribution >= 4 is 34.2 Å². The summed E-state index contributed by atoms with van der Waals surface area (Å²) >= 11 is 2.51. The number of benzene rings is 2. The van der Waals surface area contributed by atoms with E-state index in [1.54, 1.807) is 18.3 Å². The van der Waals surface area contributed by atoms with Crippen LogP contribution in [0.2, 0.25) is 0 Å². The summed E-state index contributed by atoms with van der Waals surface area (Å²) in [6.07, 6.45) is 2.49. The normalized spacial score (nSPS) is 21.1. The molecule has 7 heteroatoms. The third kappa shape index (κ3) is 4.27. The number of aromatic nitrogens is 2. The summed E-state index contributed by atoms with van der Waals surface area (Å²) in [5.74, 6) is 0.417. The molecule has 3 aliphatic rings. The van der Waals surface area contributed by atoms with Gasteiger partial charge in [0.25, 0.3) is 0 Å². The first-order valence-corrected chi connectivity index (χ1v) is 11.5. The monoisotopic (exact) mass is 515 g/mol. The largest absolute Gasteiger partial charge is 0.368 e. The molecule has 6 rings (SSSR count). The van der Waals surface area contributed by atoms with Gasteiger partial charge in [-0.1, -0.05) is 40.8 Å². The van der Waals surface area contributed by atoms with Gasteiger partial charge in [0.1, 0.15) is 5.82 Å². The van der Waals surface area contributed by atoms with E-state index in [1.165, 1.54) is 5.56 Å². The van der Waals surface area contributed by atoms with Crippen LogP contribution < -0.4 is 10.2 Å². The SMILES string of the molecule is Fc1cc2cc(c1)N1CCN(Cc3cccc(c3)-c3ccnc(n3)NCC2)[C@H](I)C1. The number of hydrogen-bond acceptors (Lipinski definition) is 5. The Kier molecular flexibility index (Phi) is 5.56. The number of anilines is 2. The van der Waals surface area contributed by atoms with Crippen molar-refractivity contribution in [2.45, 2.75) is 17.0 Å². The zero-order valence-electron chi connectivity index (χ0n) is 16.6. The molecule has 0 aliphatic carbocycles. The number of halogens is 2. The molecule has 154 valence electrons. The van der Waals surface area contributed by atoms with E-state index in [2.05, 4.69) is 78.0 Å². The quantitative estimate of drug-likeness (QED) is 0.274. The lowest BCUT2D eigenvalue weighted by atomic mass is 10.1. The second-order valence-electron chi connectivity index (χ2n) is 7.81. The average Bonchev–Trinajstić information content (AvgIpc) is 2.75. The molecule has 1 fully saturated rings. The third-order valence-corrected chi connectivity index (χ3v) is 6.87. The van der Waals surface area contributed by atoms with Crippen LogP contribution in [0, 0.1) is 5.82 Å². The summed E-state index contributed by atoms with van der Waals surface area (Å²) in [6.45, 7) is 4.26. The highest BCUT2D eigenvalue weighted by Gasteiger charge is 2.25. The number of fused-ring (bicyclic) bond motifs is 4. The van der Waals surface area contributed by atoms with E-state index >= 15 is 0 Å². The van der Waals surface area contributed by atoms with E-state index in [9.17, 15) is 4.39 Å². The molecule has 0 amide bonds. The summed E-state index contributed by atoms with van der Waals surface area (Å²) in [7, 11) is 0. The fraction of sp³-hybridized carbons (Fsp3) is 0.304. The Bertz CT molecular complexity index is 1060. The summed E-state index contributed by atoms with van der Waals surface area (Å²) in [5, 5.41) is 3.29. The van der Waals surface area contributed by atoms with Gasteiger partial charge >= 0.3 is 0 Å². The van der Waals surface area contributed by atoms with Gasteiger partial charge < -0.3 is 10.2 Å². The van der Waals surface area contributed by atoms with Crippen molar-refractivity contribution in [3.8, 4) is 11.3 Å². The van der Waals surface area contributed by atoms with Gasteiger partial charge in [0.2, 0.25) is 5.95 Å². The molecular formula is C23H23FIN5. The van der Waals surface area contributed by atoms with Crippen LogP contribution in [0.1, 0.15) is 11.1 Å². The van der Waals surface area contributed by atoms with Gasteiger partial charge in [0, 0.05) is 50.2 Å². The predicted molar refractivity (Wildman–Crippen MR) is 126 cm³/mol. The highest BCUT2D eigenvalue weighted by Crippen LogP contribution is 2.27. The van der Waals surface area contributed by atoms with Crippen LogP contribution in [0.5, 0.6) is 0 Å². The van der Waals surface area contributed by atoms with Crippen LogP contribution in [-0.2, 0) is 13.0 Å². The first kappa shape index (κ1) is 19.7. The lowest BCUT2D eigenvalue weighted by Crippen LogP contribution is -2.50. The van der Waals surface area contributed by atoms with Crippen molar-refractivity contribution in [3.05, 3.63) is 71.7 Å². The number of rotatable bonds is 0. The molecule has 8 bridgehead atoms. The average molecular weight is 515 g/mol. The second-order valence-corrected chi connectivity index (χ2v) is 9.25. The molecule has 4 heterocycles. The van der Waals surface area contributed by atoms with Gasteiger partial charge in [-0.3, -0.25) is 4.90 Å². The van der Waals surface area contributed by atoms with Gasteiger partial charge in [-0.25, -0.2) is 14.4 Å². The highest BCUT2D eigenvalue weighted by molar-refractivity contribution is 14.1. The number of nitrogens with one attached hydrogen (secondary N) is 1. The number of piperazine rings is 1. The Labute approximate surface area is 189 Å². The van der Waals surface area contributed by atoms with Crippen LogP contribution in [-0.4, -0.2) is 45.1 Å². The van der Waals surface area contributed by atoms with E-state index in [1.807, 2.05) is 6.07 Å². The lowest BCUT2D eigenvalue weighted by Gasteiger charge is -2.40. The van der Waals surface area contributed by atoms with E-state index < -0.39 is 0 Å². The second kappa shape index (κ2) is 8.47. The van der Waals surface area contributed by atoms with E-state index in [-0.39, 0.29) is 5.82 Å². The number of hydrogen-bond donors (Lipinski definition) is 1. The topological polar surface area (TPSA) is 44.3 Å². The van der Waals surface area contributed by atoms with Gasteiger partial charge in [-0.2, -0.15) is 0 Å². The summed E-state index contributed by atoms with van der Waals surface area (Å²) in [5.41, 5.74) is 5.23. The molecule has 1 saturated heterocycles. The molecule has 0 radical (unpaired) electrons. The van der Waals surface area contributed by atoms with Crippen LogP contribution in [0.4, 0.5) is 16.0 Å². The van der Waals surface area contributed by atoms with Crippen molar-refractivity contribution in [3.63, 3.8) is 0 Å². The van der Waals surface area contributed by atoms with E-state index in [0.717, 1.165) is 48.7 Å². The first-order chi connectivity index (χ1) is 14.6. The molecule has 2 atom stereocenters. The van der Waals surface area contributed by atoms with Crippen LogP contribution in [0.3, 0.4) is 0 Å². The Balaban J connectivity index is 1.52. The smallest absolute Gasteiger partial charge is 0.223 e. The van der Waals surface area contributed by atoms with Gasteiger partial charge in [-0.05, 0) is 47.9 Å². The fourth-order valence-corrected chi connectivity index (χ4v) is 5.09. The molecule has 3 aliphatic heterocycles. The summed E-state index contributed by atoms with van der Waals surface area (Å²) in [4.78, 5) is 13.8. The predicted octanol–water partition coefficient (Wildman–Crippen LogP) is 4.33. The molecule has 3 aromatic rings. The minimum absolute atomic E-state index is 0.179. The van der Waals surface area contributed by atoms with Gasteiger partial charge in [0.05, 0.1) is 9.74 Å². The van der Waals surface area contributed by atoms with Crippen molar-refractivity contribution in [1.82, 2.24) is 14.9 Å². The molecule has 5 nitrogen and oxygen atoms in total. The van der Waals surface area contributed by atoms with Crippen LogP contribution >= 0.6 is 22.6 Å². The minimum Gasteiger partial charge on any atom is -0.368 e.